The lowest BCUT2D eigenvalue weighted by Crippen LogP contribution is -2.51. The molecule has 6 nitrogen and oxygen atoms in total. The molecular formula is C12H13NO5. The first kappa shape index (κ1) is 11.3. The zero-order valence-electron chi connectivity index (χ0n) is 9.67. The Kier molecular flexibility index (Phi) is 2.81. The maximum Gasteiger partial charge on any atom is 0.253 e. The lowest BCUT2D eigenvalue weighted by molar-refractivity contribution is -0.128. The van der Waals surface area contributed by atoms with Crippen LogP contribution in [-0.4, -0.2) is 43.7 Å². The Hall–Kier alpha value is -1.79. The Morgan fingerprint density at radius 2 is 2.17 bits per heavy atom. The molecule has 6 heteroatoms. The minimum absolute atomic E-state index is 0.0327. The molecule has 0 bridgehead atoms. The summed E-state index contributed by atoms with van der Waals surface area (Å²) in [5.74, 6) is 1.11. The van der Waals surface area contributed by atoms with E-state index >= 15 is 0 Å². The number of hydrogen-bond acceptors (Lipinski definition) is 5. The predicted octanol–water partition coefficient (Wildman–Crippen LogP) is 0.139. The summed E-state index contributed by atoms with van der Waals surface area (Å²) in [7, 11) is 0. The summed E-state index contributed by atoms with van der Waals surface area (Å²) < 4.78 is 15.6. The summed E-state index contributed by atoms with van der Waals surface area (Å²) in [6.07, 6.45) is 0. The van der Waals surface area contributed by atoms with Crippen molar-refractivity contribution in [3.63, 3.8) is 0 Å². The zero-order valence-corrected chi connectivity index (χ0v) is 9.67. The molecule has 0 saturated carbocycles. The van der Waals surface area contributed by atoms with Gasteiger partial charge in [0.2, 0.25) is 6.79 Å². The largest absolute Gasteiger partial charge is 0.454 e. The Labute approximate surface area is 104 Å². The van der Waals surface area contributed by atoms with Crippen LogP contribution in [0, 0.1) is 0 Å². The standard InChI is InChI=1S/C12H13NO5/c14-4-9-5-16-6-12(15)13(9)8-1-2-10-11(3-8)18-7-17-10/h1-3,9,14H,4-7H2. The van der Waals surface area contributed by atoms with Gasteiger partial charge in [-0.2, -0.15) is 0 Å². The molecule has 0 spiro atoms. The molecule has 2 aliphatic rings. The molecule has 1 aromatic carbocycles. The molecular weight excluding hydrogens is 238 g/mol. The average molecular weight is 251 g/mol. The van der Waals surface area contributed by atoms with Crippen molar-refractivity contribution in [2.75, 3.05) is 31.5 Å². The third-order valence-electron chi connectivity index (χ3n) is 3.01. The van der Waals surface area contributed by atoms with Crippen molar-refractivity contribution in [3.05, 3.63) is 18.2 Å². The first-order chi connectivity index (χ1) is 8.79. The summed E-state index contributed by atoms with van der Waals surface area (Å²) in [4.78, 5) is 13.4. The minimum Gasteiger partial charge on any atom is -0.454 e. The van der Waals surface area contributed by atoms with E-state index in [1.54, 1.807) is 23.1 Å². The number of carbonyl (C=O) groups excluding carboxylic acids is 1. The van der Waals surface area contributed by atoms with Crippen molar-refractivity contribution in [2.45, 2.75) is 6.04 Å². The molecule has 1 aromatic rings. The maximum absolute atomic E-state index is 11.9. The molecule has 1 unspecified atom stereocenters. The van der Waals surface area contributed by atoms with Gasteiger partial charge in [-0.1, -0.05) is 0 Å². The number of morpholine rings is 1. The van der Waals surface area contributed by atoms with Gasteiger partial charge in [0.25, 0.3) is 5.91 Å². The van der Waals surface area contributed by atoms with Crippen molar-refractivity contribution in [1.29, 1.82) is 0 Å². The predicted molar refractivity (Wildman–Crippen MR) is 61.7 cm³/mol. The third-order valence-corrected chi connectivity index (χ3v) is 3.01. The van der Waals surface area contributed by atoms with Gasteiger partial charge in [-0.3, -0.25) is 4.79 Å². The second kappa shape index (κ2) is 4.47. The van der Waals surface area contributed by atoms with Crippen LogP contribution in [-0.2, 0) is 9.53 Å². The monoisotopic (exact) mass is 251 g/mol. The van der Waals surface area contributed by atoms with E-state index in [2.05, 4.69) is 0 Å². The summed E-state index contributed by atoms with van der Waals surface area (Å²) >= 11 is 0. The number of ether oxygens (including phenoxy) is 3. The van der Waals surface area contributed by atoms with Crippen LogP contribution in [0.5, 0.6) is 11.5 Å². The number of aliphatic hydroxyl groups excluding tert-OH is 1. The molecule has 2 aliphatic heterocycles. The molecule has 1 fully saturated rings. The number of carbonyl (C=O) groups is 1. The third kappa shape index (κ3) is 1.79. The van der Waals surface area contributed by atoms with E-state index in [1.165, 1.54) is 0 Å². The van der Waals surface area contributed by atoms with Crippen molar-refractivity contribution in [1.82, 2.24) is 0 Å². The van der Waals surface area contributed by atoms with Crippen LogP contribution in [0.1, 0.15) is 0 Å². The molecule has 96 valence electrons. The topological polar surface area (TPSA) is 68.2 Å². The van der Waals surface area contributed by atoms with Gasteiger partial charge in [0, 0.05) is 11.8 Å². The summed E-state index contributed by atoms with van der Waals surface area (Å²) in [6, 6.07) is 4.93. The van der Waals surface area contributed by atoms with Gasteiger partial charge in [0.15, 0.2) is 11.5 Å². The van der Waals surface area contributed by atoms with Crippen LogP contribution in [0.2, 0.25) is 0 Å². The minimum atomic E-state index is -0.355. The number of rotatable bonds is 2. The number of hydrogen-bond donors (Lipinski definition) is 1. The summed E-state index contributed by atoms with van der Waals surface area (Å²) in [5, 5.41) is 9.30. The van der Waals surface area contributed by atoms with Crippen LogP contribution < -0.4 is 14.4 Å². The second-order valence-electron chi connectivity index (χ2n) is 4.15. The van der Waals surface area contributed by atoms with Crippen LogP contribution in [0.25, 0.3) is 0 Å². The molecule has 0 radical (unpaired) electrons. The van der Waals surface area contributed by atoms with Gasteiger partial charge in [0.1, 0.15) is 6.61 Å². The molecule has 0 aliphatic carbocycles. The van der Waals surface area contributed by atoms with Crippen LogP contribution >= 0.6 is 0 Å². The molecule has 1 saturated heterocycles. The van der Waals surface area contributed by atoms with E-state index in [1.807, 2.05) is 0 Å². The first-order valence-corrected chi connectivity index (χ1v) is 5.70. The summed E-state index contributed by atoms with van der Waals surface area (Å²) in [6.45, 7) is 0.418. The van der Waals surface area contributed by atoms with Gasteiger partial charge in [-0.15, -0.1) is 0 Å². The Balaban J connectivity index is 1.94. The highest BCUT2D eigenvalue weighted by Crippen LogP contribution is 2.36. The number of amides is 1. The number of benzene rings is 1. The van der Waals surface area contributed by atoms with Crippen molar-refractivity contribution >= 4 is 11.6 Å². The van der Waals surface area contributed by atoms with Gasteiger partial charge < -0.3 is 24.2 Å². The zero-order chi connectivity index (χ0) is 12.5. The highest BCUT2D eigenvalue weighted by atomic mass is 16.7. The van der Waals surface area contributed by atoms with E-state index in [-0.39, 0.29) is 32.0 Å². The lowest BCUT2D eigenvalue weighted by Gasteiger charge is -2.34. The highest BCUT2D eigenvalue weighted by Gasteiger charge is 2.30. The molecule has 18 heavy (non-hydrogen) atoms. The van der Waals surface area contributed by atoms with Crippen molar-refractivity contribution < 1.29 is 24.1 Å². The molecule has 0 aromatic heterocycles. The van der Waals surface area contributed by atoms with E-state index < -0.39 is 0 Å². The van der Waals surface area contributed by atoms with Gasteiger partial charge in [0.05, 0.1) is 19.3 Å². The van der Waals surface area contributed by atoms with E-state index in [9.17, 15) is 9.90 Å². The normalized spacial score (nSPS) is 22.4. The number of aliphatic hydroxyl groups is 1. The SMILES string of the molecule is O=C1COCC(CO)N1c1ccc2c(c1)OCO2. The quantitative estimate of drug-likeness (QED) is 0.809. The van der Waals surface area contributed by atoms with Crippen LogP contribution in [0.15, 0.2) is 18.2 Å². The van der Waals surface area contributed by atoms with Gasteiger partial charge >= 0.3 is 0 Å². The first-order valence-electron chi connectivity index (χ1n) is 5.70. The van der Waals surface area contributed by atoms with Crippen molar-refractivity contribution in [3.8, 4) is 11.5 Å². The number of nitrogens with zero attached hydrogens (tertiary/aromatic N) is 1. The van der Waals surface area contributed by atoms with Crippen molar-refractivity contribution in [2.24, 2.45) is 0 Å². The second-order valence-corrected chi connectivity index (χ2v) is 4.15. The molecule has 1 amide bonds. The smallest absolute Gasteiger partial charge is 0.253 e. The van der Waals surface area contributed by atoms with Gasteiger partial charge in [-0.25, -0.2) is 0 Å². The fourth-order valence-electron chi connectivity index (χ4n) is 2.15. The maximum atomic E-state index is 11.9. The number of anilines is 1. The molecule has 2 heterocycles. The molecule has 1 N–H and O–H groups in total. The Bertz CT molecular complexity index is 476. The Morgan fingerprint density at radius 3 is 3.00 bits per heavy atom. The van der Waals surface area contributed by atoms with E-state index in [4.69, 9.17) is 14.2 Å². The van der Waals surface area contributed by atoms with E-state index in [0.29, 0.717) is 23.8 Å². The molecule has 1 atom stereocenters. The lowest BCUT2D eigenvalue weighted by atomic mass is 10.2. The van der Waals surface area contributed by atoms with E-state index in [0.717, 1.165) is 0 Å². The van der Waals surface area contributed by atoms with Crippen LogP contribution in [0.3, 0.4) is 0 Å². The summed E-state index contributed by atoms with van der Waals surface area (Å²) in [5.41, 5.74) is 0.687. The highest BCUT2D eigenvalue weighted by molar-refractivity contribution is 5.95. The fourth-order valence-corrected chi connectivity index (χ4v) is 2.15. The molecule has 3 rings (SSSR count). The Morgan fingerprint density at radius 1 is 1.33 bits per heavy atom. The fraction of sp³-hybridized carbons (Fsp3) is 0.417. The van der Waals surface area contributed by atoms with Gasteiger partial charge in [-0.05, 0) is 12.1 Å². The number of fused-ring (bicyclic) bond motifs is 1. The average Bonchev–Trinajstić information content (AvgIpc) is 2.85. The van der Waals surface area contributed by atoms with Crippen LogP contribution in [0.4, 0.5) is 5.69 Å².